The van der Waals surface area contributed by atoms with Crippen molar-refractivity contribution in [3.8, 4) is 0 Å². The number of hydrogen-bond acceptors (Lipinski definition) is 7. The summed E-state index contributed by atoms with van der Waals surface area (Å²) in [5.74, 6) is 1.19. The number of carbonyl (C=O) groups excluding carboxylic acids is 2. The summed E-state index contributed by atoms with van der Waals surface area (Å²) in [6.45, 7) is 1.82. The number of aromatic nitrogens is 1. The van der Waals surface area contributed by atoms with Crippen molar-refractivity contribution in [1.82, 2.24) is 4.98 Å². The van der Waals surface area contributed by atoms with Gasteiger partial charge in [0.1, 0.15) is 17.6 Å². The van der Waals surface area contributed by atoms with Gasteiger partial charge < -0.3 is 26.5 Å². The predicted octanol–water partition coefficient (Wildman–Crippen LogP) is 4.27. The van der Waals surface area contributed by atoms with Gasteiger partial charge in [-0.25, -0.2) is 4.98 Å². The summed E-state index contributed by atoms with van der Waals surface area (Å²) in [6.07, 6.45) is 15.2. The molecule has 3 fully saturated rings. The van der Waals surface area contributed by atoms with Gasteiger partial charge in [0, 0.05) is 55.6 Å². The molecule has 0 radical (unpaired) electrons. The number of rotatable bonds is 11. The average Bonchev–Trinajstić information content (AvgIpc) is 3.79. The third-order valence-corrected chi connectivity index (χ3v) is 8.57. The Morgan fingerprint density at radius 3 is 2.74 bits per heavy atom. The largest absolute Gasteiger partial charge is 0.404 e. The molecule has 39 heavy (non-hydrogen) atoms. The molecule has 2 heterocycles. The summed E-state index contributed by atoms with van der Waals surface area (Å²) >= 11 is 0. The lowest BCUT2D eigenvalue weighted by Gasteiger charge is -2.23. The number of nitrogens with zero attached hydrogens (tertiary/aromatic N) is 3. The van der Waals surface area contributed by atoms with E-state index in [0.717, 1.165) is 48.1 Å². The van der Waals surface area contributed by atoms with Crippen LogP contribution >= 0.6 is 0 Å². The maximum atomic E-state index is 13.1. The molecule has 5 N–H and O–H groups in total. The standard InChI is InChI=1S/C31H40N6O2/c32-17-25(19-34-18-22-5-2-1-3-6-22)23-7-4-8-24(15-23)26(21-38)20-36-29-16-28(11-13-35-29)37-14-12-31(33,30(37)39)27-9-10-27/h4,7-8,11,13,15-17,19,21-22,26-27H,1-3,5-6,9-10,12,14,18,20,32-33H2,(H,35,36)/t26?,31-/m1/s1. The van der Waals surface area contributed by atoms with E-state index in [-0.39, 0.29) is 11.8 Å². The van der Waals surface area contributed by atoms with E-state index in [9.17, 15) is 9.59 Å². The van der Waals surface area contributed by atoms with E-state index in [0.29, 0.717) is 37.2 Å². The molecule has 1 amide bonds. The van der Waals surface area contributed by atoms with Crippen molar-refractivity contribution in [1.29, 1.82) is 0 Å². The van der Waals surface area contributed by atoms with Crippen LogP contribution in [0.1, 0.15) is 68.4 Å². The molecule has 8 heteroatoms. The Labute approximate surface area is 231 Å². The zero-order chi connectivity index (χ0) is 27.2. The number of anilines is 2. The predicted molar refractivity (Wildman–Crippen MR) is 157 cm³/mol. The molecular weight excluding hydrogens is 488 g/mol. The molecule has 1 unspecified atom stereocenters. The van der Waals surface area contributed by atoms with Crippen molar-refractivity contribution in [2.45, 2.75) is 62.8 Å². The number of benzene rings is 1. The molecule has 206 valence electrons. The molecule has 1 aliphatic heterocycles. The van der Waals surface area contributed by atoms with E-state index >= 15 is 0 Å². The molecule has 0 bridgehead atoms. The minimum Gasteiger partial charge on any atom is -0.404 e. The summed E-state index contributed by atoms with van der Waals surface area (Å²) in [7, 11) is 0. The Bertz CT molecular complexity index is 1230. The molecule has 1 aromatic heterocycles. The number of aldehydes is 1. The zero-order valence-corrected chi connectivity index (χ0v) is 22.6. The molecule has 8 nitrogen and oxygen atoms in total. The first-order valence-corrected chi connectivity index (χ1v) is 14.3. The van der Waals surface area contributed by atoms with Crippen LogP contribution in [0.5, 0.6) is 0 Å². The Morgan fingerprint density at radius 1 is 1.18 bits per heavy atom. The van der Waals surface area contributed by atoms with Crippen LogP contribution in [0.2, 0.25) is 0 Å². The SMILES string of the molecule is NC=C(C=NCC1CCCCC1)c1cccc(C(C=O)CNc2cc(N3CC[C@@](N)(C4CC4)C3=O)ccn2)c1. The summed E-state index contributed by atoms with van der Waals surface area (Å²) in [5.41, 5.74) is 15.1. The summed E-state index contributed by atoms with van der Waals surface area (Å²) in [4.78, 5) is 36.0. The van der Waals surface area contributed by atoms with Crippen molar-refractivity contribution in [3.63, 3.8) is 0 Å². The van der Waals surface area contributed by atoms with Gasteiger partial charge in [-0.2, -0.15) is 0 Å². The van der Waals surface area contributed by atoms with Gasteiger partial charge in [-0.05, 0) is 61.1 Å². The number of pyridine rings is 1. The van der Waals surface area contributed by atoms with Gasteiger partial charge in [0.25, 0.3) is 0 Å². The summed E-state index contributed by atoms with van der Waals surface area (Å²) < 4.78 is 0. The molecule has 3 aliphatic rings. The Kier molecular flexibility index (Phi) is 8.41. The lowest BCUT2D eigenvalue weighted by Crippen LogP contribution is -2.50. The maximum Gasteiger partial charge on any atom is 0.247 e. The maximum absolute atomic E-state index is 13.1. The Hall–Kier alpha value is -3.52. The van der Waals surface area contributed by atoms with Crippen molar-refractivity contribution in [3.05, 3.63) is 59.9 Å². The minimum atomic E-state index is -0.734. The van der Waals surface area contributed by atoms with Crippen LogP contribution in [0.3, 0.4) is 0 Å². The number of hydrogen-bond donors (Lipinski definition) is 3. The topological polar surface area (TPSA) is 127 Å². The molecule has 2 aromatic rings. The van der Waals surface area contributed by atoms with Crippen molar-refractivity contribution in [2.24, 2.45) is 28.3 Å². The van der Waals surface area contributed by atoms with Gasteiger partial charge in [-0.15, -0.1) is 0 Å². The smallest absolute Gasteiger partial charge is 0.247 e. The van der Waals surface area contributed by atoms with Crippen LogP contribution in [-0.2, 0) is 9.59 Å². The Morgan fingerprint density at radius 2 is 2.00 bits per heavy atom. The average molecular weight is 529 g/mol. The van der Waals surface area contributed by atoms with Crippen molar-refractivity contribution < 1.29 is 9.59 Å². The second-order valence-electron chi connectivity index (χ2n) is 11.3. The molecule has 2 aliphatic carbocycles. The van der Waals surface area contributed by atoms with E-state index in [2.05, 4.69) is 15.3 Å². The summed E-state index contributed by atoms with van der Waals surface area (Å²) in [6, 6.07) is 11.6. The fourth-order valence-electron chi connectivity index (χ4n) is 5.96. The number of aliphatic imine (C=N–C) groups is 1. The highest BCUT2D eigenvalue weighted by molar-refractivity contribution is 6.09. The second kappa shape index (κ2) is 12.1. The van der Waals surface area contributed by atoms with Crippen molar-refractivity contribution >= 4 is 35.5 Å². The highest BCUT2D eigenvalue weighted by Gasteiger charge is 2.53. The van der Waals surface area contributed by atoms with Crippen LogP contribution in [0, 0.1) is 11.8 Å². The van der Waals surface area contributed by atoms with E-state index in [1.54, 1.807) is 17.3 Å². The summed E-state index contributed by atoms with van der Waals surface area (Å²) in [5, 5.41) is 3.28. The molecule has 5 rings (SSSR count). The van der Waals surface area contributed by atoms with Crippen molar-refractivity contribution in [2.75, 3.05) is 29.9 Å². The van der Waals surface area contributed by atoms with Gasteiger partial charge in [-0.1, -0.05) is 43.5 Å². The molecule has 2 saturated carbocycles. The van der Waals surface area contributed by atoms with E-state index < -0.39 is 5.54 Å². The van der Waals surface area contributed by atoms with E-state index in [1.807, 2.05) is 42.6 Å². The van der Waals surface area contributed by atoms with Gasteiger partial charge in [0.05, 0.1) is 5.92 Å². The van der Waals surface area contributed by atoms with Crippen LogP contribution in [0.25, 0.3) is 5.57 Å². The van der Waals surface area contributed by atoms with Gasteiger partial charge in [0.15, 0.2) is 0 Å². The first kappa shape index (κ1) is 27.1. The molecule has 2 atom stereocenters. The molecule has 0 spiro atoms. The lowest BCUT2D eigenvalue weighted by atomic mass is 9.89. The number of allylic oxidation sites excluding steroid dienone is 1. The van der Waals surface area contributed by atoms with Gasteiger partial charge in [-0.3, -0.25) is 9.79 Å². The fraction of sp³-hybridized carbons (Fsp3) is 0.484. The quantitative estimate of drug-likeness (QED) is 0.295. The lowest BCUT2D eigenvalue weighted by molar-refractivity contribution is -0.122. The number of carbonyl (C=O) groups is 2. The van der Waals surface area contributed by atoms with Crippen LogP contribution in [0.4, 0.5) is 11.5 Å². The zero-order valence-electron chi connectivity index (χ0n) is 22.6. The first-order valence-electron chi connectivity index (χ1n) is 14.3. The highest BCUT2D eigenvalue weighted by Crippen LogP contribution is 2.44. The normalized spacial score (nSPS) is 23.4. The molecule has 1 saturated heterocycles. The number of nitrogens with two attached hydrogens (primary N) is 2. The molecule has 1 aromatic carbocycles. The third kappa shape index (κ3) is 6.22. The third-order valence-electron chi connectivity index (χ3n) is 8.57. The Balaban J connectivity index is 1.22. The first-order chi connectivity index (χ1) is 19.0. The monoisotopic (exact) mass is 528 g/mol. The van der Waals surface area contributed by atoms with Crippen LogP contribution in [-0.4, -0.2) is 48.6 Å². The van der Waals surface area contributed by atoms with Crippen LogP contribution in [0.15, 0.2) is 53.8 Å². The number of amides is 1. The fourth-order valence-corrected chi connectivity index (χ4v) is 5.96. The number of nitrogens with one attached hydrogen (secondary N) is 1. The van der Waals surface area contributed by atoms with Gasteiger partial charge >= 0.3 is 0 Å². The van der Waals surface area contributed by atoms with Crippen LogP contribution < -0.4 is 21.7 Å². The minimum absolute atomic E-state index is 0.00391. The highest BCUT2D eigenvalue weighted by atomic mass is 16.2. The van der Waals surface area contributed by atoms with E-state index in [4.69, 9.17) is 11.5 Å². The molecular formula is C31H40N6O2. The van der Waals surface area contributed by atoms with E-state index in [1.165, 1.54) is 32.1 Å². The van der Waals surface area contributed by atoms with Gasteiger partial charge in [0.2, 0.25) is 5.91 Å². The second-order valence-corrected chi connectivity index (χ2v) is 11.3.